The maximum absolute atomic E-state index is 12.9. The van der Waals surface area contributed by atoms with Gasteiger partial charge in [0.2, 0.25) is 10.0 Å². The highest BCUT2D eigenvalue weighted by Gasteiger charge is 2.24. The van der Waals surface area contributed by atoms with Crippen molar-refractivity contribution in [1.29, 1.82) is 0 Å². The second-order valence-corrected chi connectivity index (χ2v) is 9.19. The fourth-order valence-corrected chi connectivity index (χ4v) is 4.89. The molecule has 6 nitrogen and oxygen atoms in total. The van der Waals surface area contributed by atoms with Crippen LogP contribution < -0.4 is 5.32 Å². The van der Waals surface area contributed by atoms with Crippen LogP contribution in [0.2, 0.25) is 5.02 Å². The predicted octanol–water partition coefficient (Wildman–Crippen LogP) is 4.46. The molecule has 0 fully saturated rings. The lowest BCUT2D eigenvalue weighted by atomic mass is 10.1. The number of amides is 1. The molecule has 8 heteroatoms. The molecule has 0 unspecified atom stereocenters. The topological polar surface area (TPSA) is 69.7 Å². The third-order valence-electron chi connectivity index (χ3n) is 5.01. The van der Waals surface area contributed by atoms with E-state index >= 15 is 0 Å². The summed E-state index contributed by atoms with van der Waals surface area (Å²) in [5, 5.41) is 3.03. The lowest BCUT2D eigenvalue weighted by molar-refractivity contribution is 0.102. The summed E-state index contributed by atoms with van der Waals surface area (Å²) < 4.78 is 26.9. The number of carbonyl (C=O) groups is 1. The molecule has 0 atom stereocenters. The Morgan fingerprint density at radius 3 is 2.23 bits per heavy atom. The number of nitrogens with zero attached hydrogens (tertiary/aromatic N) is 2. The molecular weight excluding hydrogens is 422 g/mol. The van der Waals surface area contributed by atoms with Gasteiger partial charge in [-0.1, -0.05) is 51.4 Å². The molecule has 0 heterocycles. The quantitative estimate of drug-likeness (QED) is 0.578. The second-order valence-electron chi connectivity index (χ2n) is 6.85. The zero-order chi connectivity index (χ0) is 22.3. The van der Waals surface area contributed by atoms with Gasteiger partial charge in [0.15, 0.2) is 0 Å². The fraction of sp³-hybridized carbons (Fsp3) is 0.409. The van der Waals surface area contributed by atoms with E-state index in [0.29, 0.717) is 18.8 Å². The van der Waals surface area contributed by atoms with Crippen molar-refractivity contribution in [3.05, 3.63) is 58.6 Å². The average Bonchev–Trinajstić information content (AvgIpc) is 2.73. The first-order valence-corrected chi connectivity index (χ1v) is 12.0. The van der Waals surface area contributed by atoms with E-state index in [1.807, 2.05) is 18.2 Å². The highest BCUT2D eigenvalue weighted by Crippen LogP contribution is 2.24. The number of nitrogens with one attached hydrogen (secondary N) is 1. The molecule has 0 bridgehead atoms. The molecule has 0 saturated carbocycles. The van der Waals surface area contributed by atoms with Crippen LogP contribution in [0, 0.1) is 0 Å². The lowest BCUT2D eigenvalue weighted by Gasteiger charge is -2.19. The van der Waals surface area contributed by atoms with Crippen LogP contribution in [0.4, 0.5) is 5.69 Å². The van der Waals surface area contributed by atoms with Crippen molar-refractivity contribution in [2.24, 2.45) is 0 Å². The van der Waals surface area contributed by atoms with Gasteiger partial charge in [-0.25, -0.2) is 8.42 Å². The van der Waals surface area contributed by atoms with Gasteiger partial charge in [0, 0.05) is 25.3 Å². The number of hydrogen-bond acceptors (Lipinski definition) is 4. The van der Waals surface area contributed by atoms with Crippen LogP contribution in [0.1, 0.15) is 43.6 Å². The van der Waals surface area contributed by atoms with Crippen LogP contribution in [0.25, 0.3) is 0 Å². The summed E-state index contributed by atoms with van der Waals surface area (Å²) in [6, 6.07) is 11.8. The Balaban J connectivity index is 2.28. The number of halogens is 1. The monoisotopic (exact) mass is 451 g/mol. The van der Waals surface area contributed by atoms with Crippen molar-refractivity contribution >= 4 is 33.2 Å². The molecule has 164 valence electrons. The van der Waals surface area contributed by atoms with Crippen molar-refractivity contribution in [3.63, 3.8) is 0 Å². The smallest absolute Gasteiger partial charge is 0.257 e. The Bertz CT molecular complexity index is 971. The van der Waals surface area contributed by atoms with E-state index < -0.39 is 15.9 Å². The van der Waals surface area contributed by atoms with E-state index in [0.717, 1.165) is 25.2 Å². The Hall–Kier alpha value is -1.93. The second kappa shape index (κ2) is 10.9. The Morgan fingerprint density at radius 1 is 0.967 bits per heavy atom. The predicted molar refractivity (Wildman–Crippen MR) is 123 cm³/mol. The number of rotatable bonds is 10. The molecule has 0 radical (unpaired) electrons. The van der Waals surface area contributed by atoms with Crippen LogP contribution in [0.5, 0.6) is 0 Å². The van der Waals surface area contributed by atoms with Gasteiger partial charge >= 0.3 is 0 Å². The zero-order valence-corrected chi connectivity index (χ0v) is 19.6. The summed E-state index contributed by atoms with van der Waals surface area (Å²) in [6.07, 6.45) is 0. The minimum atomic E-state index is -3.68. The number of anilines is 1. The number of carbonyl (C=O) groups excluding carboxylic acids is 1. The highest BCUT2D eigenvalue weighted by molar-refractivity contribution is 7.89. The zero-order valence-electron chi connectivity index (χ0n) is 18.0. The number of hydrogen-bond donors (Lipinski definition) is 1. The van der Waals surface area contributed by atoms with E-state index in [-0.39, 0.29) is 15.5 Å². The van der Waals surface area contributed by atoms with Crippen LogP contribution in [-0.4, -0.2) is 49.7 Å². The summed E-state index contributed by atoms with van der Waals surface area (Å²) in [5.41, 5.74) is 1.84. The maximum atomic E-state index is 12.9. The summed E-state index contributed by atoms with van der Waals surface area (Å²) in [4.78, 5) is 15.2. The van der Waals surface area contributed by atoms with E-state index in [2.05, 4.69) is 24.1 Å². The molecule has 0 saturated heterocycles. The first-order chi connectivity index (χ1) is 14.3. The molecule has 1 amide bonds. The minimum Gasteiger partial charge on any atom is -0.322 e. The Morgan fingerprint density at radius 2 is 1.63 bits per heavy atom. The number of sulfonamides is 1. The van der Waals surface area contributed by atoms with E-state index in [1.54, 1.807) is 19.9 Å². The van der Waals surface area contributed by atoms with Crippen molar-refractivity contribution in [2.75, 3.05) is 31.5 Å². The standard InChI is InChI=1S/C22H30ClN3O3S/c1-5-25(6-2)16-17-10-9-11-18(14-17)24-22(27)20-15-19(12-13-21(20)23)30(28,29)26(7-3)8-4/h9-15H,5-8,16H2,1-4H3,(H,24,27). The Labute approximate surface area is 184 Å². The van der Waals surface area contributed by atoms with Gasteiger partial charge in [0.25, 0.3) is 5.91 Å². The lowest BCUT2D eigenvalue weighted by Crippen LogP contribution is -2.30. The fourth-order valence-electron chi connectivity index (χ4n) is 3.20. The molecule has 0 aliphatic heterocycles. The van der Waals surface area contributed by atoms with Crippen molar-refractivity contribution in [1.82, 2.24) is 9.21 Å². The summed E-state index contributed by atoms with van der Waals surface area (Å²) >= 11 is 6.22. The molecule has 0 aliphatic carbocycles. The Kier molecular flexibility index (Phi) is 8.85. The van der Waals surface area contributed by atoms with Crippen molar-refractivity contribution in [3.8, 4) is 0 Å². The van der Waals surface area contributed by atoms with Gasteiger partial charge in [-0.3, -0.25) is 9.69 Å². The highest BCUT2D eigenvalue weighted by atomic mass is 35.5. The van der Waals surface area contributed by atoms with Gasteiger partial charge < -0.3 is 5.32 Å². The summed E-state index contributed by atoms with van der Waals surface area (Å²) in [5.74, 6) is -0.448. The van der Waals surface area contributed by atoms with Crippen LogP contribution in [0.3, 0.4) is 0 Å². The van der Waals surface area contributed by atoms with Gasteiger partial charge in [-0.15, -0.1) is 0 Å². The van der Waals surface area contributed by atoms with E-state index in [4.69, 9.17) is 11.6 Å². The molecule has 2 rings (SSSR count). The van der Waals surface area contributed by atoms with Gasteiger partial charge in [0.05, 0.1) is 15.5 Å². The van der Waals surface area contributed by atoms with E-state index in [9.17, 15) is 13.2 Å². The van der Waals surface area contributed by atoms with E-state index in [1.165, 1.54) is 22.5 Å². The first kappa shape index (κ1) is 24.3. The van der Waals surface area contributed by atoms with Gasteiger partial charge in [-0.05, 0) is 49.0 Å². The third-order valence-corrected chi connectivity index (χ3v) is 7.39. The van der Waals surface area contributed by atoms with Crippen LogP contribution >= 0.6 is 11.6 Å². The van der Waals surface area contributed by atoms with Crippen molar-refractivity contribution < 1.29 is 13.2 Å². The van der Waals surface area contributed by atoms with Crippen molar-refractivity contribution in [2.45, 2.75) is 39.1 Å². The first-order valence-electron chi connectivity index (χ1n) is 10.2. The maximum Gasteiger partial charge on any atom is 0.257 e. The molecule has 2 aromatic rings. The average molecular weight is 452 g/mol. The third kappa shape index (κ3) is 5.82. The molecular formula is C22H30ClN3O3S. The molecule has 0 spiro atoms. The minimum absolute atomic E-state index is 0.0519. The molecule has 30 heavy (non-hydrogen) atoms. The normalized spacial score (nSPS) is 11.8. The summed E-state index contributed by atoms with van der Waals surface area (Å²) in [6.45, 7) is 11.1. The molecule has 0 aromatic heterocycles. The number of benzene rings is 2. The molecule has 0 aliphatic rings. The summed E-state index contributed by atoms with van der Waals surface area (Å²) in [7, 11) is -3.68. The largest absolute Gasteiger partial charge is 0.322 e. The van der Waals surface area contributed by atoms with Gasteiger partial charge in [-0.2, -0.15) is 4.31 Å². The van der Waals surface area contributed by atoms with Gasteiger partial charge in [0.1, 0.15) is 0 Å². The van der Waals surface area contributed by atoms with Crippen LogP contribution in [0.15, 0.2) is 47.4 Å². The molecule has 2 aromatic carbocycles. The van der Waals surface area contributed by atoms with Crippen LogP contribution in [-0.2, 0) is 16.6 Å². The molecule has 1 N–H and O–H groups in total. The SMILES string of the molecule is CCN(CC)Cc1cccc(NC(=O)c2cc(S(=O)(=O)N(CC)CC)ccc2Cl)c1.